The third kappa shape index (κ3) is 3.97. The molecule has 1 fully saturated rings. The Kier molecular flexibility index (Phi) is 5.22. The van der Waals surface area contributed by atoms with Gasteiger partial charge in [-0.1, -0.05) is 6.07 Å². The molecule has 1 saturated heterocycles. The third-order valence-corrected chi connectivity index (χ3v) is 5.57. The lowest BCUT2D eigenvalue weighted by Crippen LogP contribution is -2.23. The Balaban J connectivity index is 1.75. The van der Waals surface area contributed by atoms with Crippen molar-refractivity contribution < 1.29 is 26.8 Å². The van der Waals surface area contributed by atoms with Crippen LogP contribution in [0.5, 0.6) is 0 Å². The van der Waals surface area contributed by atoms with Gasteiger partial charge in [0.05, 0.1) is 4.90 Å². The molecule has 1 heterocycles. The van der Waals surface area contributed by atoms with E-state index in [0.717, 1.165) is 18.6 Å². The summed E-state index contributed by atoms with van der Waals surface area (Å²) in [5.74, 6) is -4.02. The average Bonchev–Trinajstić information content (AvgIpc) is 3.08. The van der Waals surface area contributed by atoms with E-state index in [4.69, 9.17) is 0 Å². The fourth-order valence-corrected chi connectivity index (χ4v) is 3.50. The molecule has 1 aliphatic heterocycles. The zero-order valence-electron chi connectivity index (χ0n) is 14.1. The lowest BCUT2D eigenvalue weighted by Gasteiger charge is -2.16. The van der Waals surface area contributed by atoms with Crippen molar-refractivity contribution >= 4 is 33.0 Å². The number of anilines is 2. The van der Waals surface area contributed by atoms with Crippen molar-refractivity contribution in [3.05, 3.63) is 54.1 Å². The summed E-state index contributed by atoms with van der Waals surface area (Å²) in [7, 11) is -4.70. The second-order valence-electron chi connectivity index (χ2n) is 5.98. The van der Waals surface area contributed by atoms with E-state index >= 15 is 0 Å². The number of alkyl halides is 2. The summed E-state index contributed by atoms with van der Waals surface area (Å²) in [4.78, 5) is 25.2. The normalized spacial score (nSPS) is 14.6. The highest BCUT2D eigenvalue weighted by molar-refractivity contribution is 7.91. The van der Waals surface area contributed by atoms with Gasteiger partial charge in [0.15, 0.2) is 0 Å². The van der Waals surface area contributed by atoms with Gasteiger partial charge >= 0.3 is 5.76 Å². The molecule has 0 spiro atoms. The molecule has 0 radical (unpaired) electrons. The number of benzene rings is 2. The van der Waals surface area contributed by atoms with Gasteiger partial charge in [-0.25, -0.2) is 8.42 Å². The third-order valence-electron chi connectivity index (χ3n) is 4.17. The van der Waals surface area contributed by atoms with Crippen LogP contribution in [0.15, 0.2) is 53.4 Å². The minimum absolute atomic E-state index is 0.0225. The van der Waals surface area contributed by atoms with Crippen molar-refractivity contribution in [1.82, 2.24) is 0 Å². The van der Waals surface area contributed by atoms with Crippen molar-refractivity contribution in [2.24, 2.45) is 0 Å². The van der Waals surface area contributed by atoms with Crippen LogP contribution < -0.4 is 10.2 Å². The first-order chi connectivity index (χ1) is 12.8. The molecule has 0 aromatic heterocycles. The summed E-state index contributed by atoms with van der Waals surface area (Å²) < 4.78 is 47.9. The summed E-state index contributed by atoms with van der Waals surface area (Å²) >= 11 is 0. The lowest BCUT2D eigenvalue weighted by molar-refractivity contribution is -0.117. The van der Waals surface area contributed by atoms with E-state index in [-0.39, 0.29) is 11.5 Å². The van der Waals surface area contributed by atoms with E-state index in [0.29, 0.717) is 24.3 Å². The number of sulfone groups is 1. The topological polar surface area (TPSA) is 83.6 Å². The number of carbonyl (C=O) groups is 2. The number of nitrogens with one attached hydrogen (secondary N) is 1. The molecule has 2 aromatic carbocycles. The van der Waals surface area contributed by atoms with Crippen LogP contribution >= 0.6 is 0 Å². The minimum atomic E-state index is -4.70. The molecule has 3 rings (SSSR count). The van der Waals surface area contributed by atoms with Crippen LogP contribution in [0.25, 0.3) is 0 Å². The molecule has 0 unspecified atom stereocenters. The maximum absolute atomic E-state index is 12.5. The Bertz CT molecular complexity index is 975. The maximum Gasteiger partial charge on any atom is 0.341 e. The Hall–Kier alpha value is -2.81. The van der Waals surface area contributed by atoms with Crippen LogP contribution in [0, 0.1) is 0 Å². The van der Waals surface area contributed by atoms with Crippen molar-refractivity contribution in [2.45, 2.75) is 23.5 Å². The first-order valence-corrected chi connectivity index (χ1v) is 9.67. The van der Waals surface area contributed by atoms with Gasteiger partial charge in [-0.3, -0.25) is 9.59 Å². The molecular formula is C18H16F2N2O4S. The van der Waals surface area contributed by atoms with Crippen LogP contribution in [0.3, 0.4) is 0 Å². The van der Waals surface area contributed by atoms with E-state index < -0.39 is 26.4 Å². The van der Waals surface area contributed by atoms with Gasteiger partial charge in [0.2, 0.25) is 15.7 Å². The number of rotatable bonds is 5. The number of hydrogen-bond donors (Lipinski definition) is 1. The number of hydrogen-bond acceptors (Lipinski definition) is 4. The fourth-order valence-electron chi connectivity index (χ4n) is 2.77. The number of carbonyl (C=O) groups excluding carboxylic acids is 2. The maximum atomic E-state index is 12.5. The quantitative estimate of drug-likeness (QED) is 0.845. The molecule has 1 N–H and O–H groups in total. The van der Waals surface area contributed by atoms with Gasteiger partial charge in [-0.2, -0.15) is 8.78 Å². The van der Waals surface area contributed by atoms with Crippen LogP contribution in [0.1, 0.15) is 23.2 Å². The highest BCUT2D eigenvalue weighted by Crippen LogP contribution is 2.25. The zero-order valence-corrected chi connectivity index (χ0v) is 14.9. The van der Waals surface area contributed by atoms with Crippen molar-refractivity contribution in [2.75, 3.05) is 16.8 Å². The second-order valence-corrected chi connectivity index (χ2v) is 7.90. The van der Waals surface area contributed by atoms with Crippen LogP contribution in [-0.2, 0) is 14.6 Å². The van der Waals surface area contributed by atoms with E-state index in [1.165, 1.54) is 12.1 Å². The average molecular weight is 394 g/mol. The Morgan fingerprint density at radius 2 is 1.81 bits per heavy atom. The molecule has 0 bridgehead atoms. The SMILES string of the molecule is O=C(Nc1cccc(N2CCCC2=O)c1)c1ccc(S(=O)(=O)C(F)F)cc1. The van der Waals surface area contributed by atoms with Gasteiger partial charge in [0, 0.05) is 29.9 Å². The van der Waals surface area contributed by atoms with Gasteiger partial charge in [-0.15, -0.1) is 0 Å². The second kappa shape index (κ2) is 7.43. The summed E-state index contributed by atoms with van der Waals surface area (Å²) in [5.41, 5.74) is 1.25. The first kappa shape index (κ1) is 19.0. The summed E-state index contributed by atoms with van der Waals surface area (Å²) in [6.45, 7) is 0.621. The van der Waals surface area contributed by atoms with Crippen LogP contribution in [0.2, 0.25) is 0 Å². The zero-order chi connectivity index (χ0) is 19.6. The summed E-state index contributed by atoms with van der Waals surface area (Å²) in [6.07, 6.45) is 1.27. The predicted molar refractivity (Wildman–Crippen MR) is 95.6 cm³/mol. The largest absolute Gasteiger partial charge is 0.341 e. The van der Waals surface area contributed by atoms with Crippen LogP contribution in [-0.4, -0.2) is 32.5 Å². The van der Waals surface area contributed by atoms with Gasteiger partial charge in [0.25, 0.3) is 5.91 Å². The monoisotopic (exact) mass is 394 g/mol. The smallest absolute Gasteiger partial charge is 0.322 e. The number of halogens is 2. The molecule has 1 aliphatic rings. The lowest BCUT2D eigenvalue weighted by atomic mass is 10.2. The summed E-state index contributed by atoms with van der Waals surface area (Å²) in [5, 5.41) is 2.64. The fraction of sp³-hybridized carbons (Fsp3) is 0.222. The van der Waals surface area contributed by atoms with Gasteiger partial charge < -0.3 is 10.2 Å². The molecular weight excluding hydrogens is 378 g/mol. The molecule has 27 heavy (non-hydrogen) atoms. The minimum Gasteiger partial charge on any atom is -0.322 e. The molecule has 2 amide bonds. The van der Waals surface area contributed by atoms with E-state index in [2.05, 4.69) is 5.32 Å². The number of nitrogens with zero attached hydrogens (tertiary/aromatic N) is 1. The Labute approximate surface area is 154 Å². The van der Waals surface area contributed by atoms with Crippen molar-refractivity contribution in [3.8, 4) is 0 Å². The van der Waals surface area contributed by atoms with Gasteiger partial charge in [0.1, 0.15) is 0 Å². The van der Waals surface area contributed by atoms with Crippen LogP contribution in [0.4, 0.5) is 20.2 Å². The molecule has 0 aliphatic carbocycles. The highest BCUT2D eigenvalue weighted by atomic mass is 32.2. The summed E-state index contributed by atoms with van der Waals surface area (Å²) in [6, 6.07) is 11.0. The standard InChI is InChI=1S/C18H16F2N2O4S/c19-18(20)27(25,26)15-8-6-12(7-9-15)17(24)21-13-3-1-4-14(11-13)22-10-2-5-16(22)23/h1,3-4,6-9,11,18H,2,5,10H2,(H,21,24). The molecule has 142 valence electrons. The predicted octanol–water partition coefficient (Wildman–Crippen LogP) is 3.06. The van der Waals surface area contributed by atoms with E-state index in [1.54, 1.807) is 29.2 Å². The molecule has 6 nitrogen and oxygen atoms in total. The van der Waals surface area contributed by atoms with Crippen molar-refractivity contribution in [1.29, 1.82) is 0 Å². The van der Waals surface area contributed by atoms with Gasteiger partial charge in [-0.05, 0) is 48.9 Å². The molecule has 0 saturated carbocycles. The van der Waals surface area contributed by atoms with E-state index in [1.807, 2.05) is 0 Å². The first-order valence-electron chi connectivity index (χ1n) is 8.13. The Morgan fingerprint density at radius 3 is 2.41 bits per heavy atom. The molecule has 9 heteroatoms. The number of amides is 2. The molecule has 0 atom stereocenters. The van der Waals surface area contributed by atoms with Crippen molar-refractivity contribution in [3.63, 3.8) is 0 Å². The van der Waals surface area contributed by atoms with E-state index in [9.17, 15) is 26.8 Å². The Morgan fingerprint density at radius 1 is 1.11 bits per heavy atom. The highest BCUT2D eigenvalue weighted by Gasteiger charge is 2.26. The molecule has 2 aromatic rings.